The molecule has 1 aliphatic rings. The van der Waals surface area contributed by atoms with E-state index in [1.807, 2.05) is 19.3 Å². The molecule has 6 heteroatoms. The van der Waals surface area contributed by atoms with Gasteiger partial charge in [0.15, 0.2) is 5.82 Å². The number of nitrogens with zero attached hydrogens (tertiary/aromatic N) is 5. The Morgan fingerprint density at radius 3 is 2.58 bits per heavy atom. The Labute approximate surface area is 141 Å². The van der Waals surface area contributed by atoms with Crippen LogP contribution in [-0.2, 0) is 0 Å². The van der Waals surface area contributed by atoms with Gasteiger partial charge >= 0.3 is 0 Å². The van der Waals surface area contributed by atoms with Gasteiger partial charge in [-0.15, -0.1) is 0 Å². The summed E-state index contributed by atoms with van der Waals surface area (Å²) in [7, 11) is 1.85. The van der Waals surface area contributed by atoms with Crippen molar-refractivity contribution in [3.05, 3.63) is 36.8 Å². The highest BCUT2D eigenvalue weighted by Crippen LogP contribution is 2.26. The fraction of sp³-hybridized carbons (Fsp3) is 0.333. The lowest BCUT2D eigenvalue weighted by molar-refractivity contribution is 0.573. The molecule has 1 fully saturated rings. The van der Waals surface area contributed by atoms with E-state index in [1.165, 1.54) is 19.3 Å². The molecule has 24 heavy (non-hydrogen) atoms. The highest BCUT2D eigenvalue weighted by atomic mass is 15.2. The number of aromatic nitrogens is 4. The van der Waals surface area contributed by atoms with E-state index >= 15 is 0 Å². The van der Waals surface area contributed by atoms with Crippen LogP contribution in [0.4, 0.5) is 11.6 Å². The van der Waals surface area contributed by atoms with Gasteiger partial charge in [0.05, 0.1) is 11.2 Å². The first kappa shape index (κ1) is 14.8. The van der Waals surface area contributed by atoms with Crippen molar-refractivity contribution in [1.82, 2.24) is 19.9 Å². The van der Waals surface area contributed by atoms with Gasteiger partial charge < -0.3 is 10.2 Å². The van der Waals surface area contributed by atoms with Gasteiger partial charge in [-0.2, -0.15) is 0 Å². The van der Waals surface area contributed by atoms with E-state index in [0.29, 0.717) is 0 Å². The number of hydrogen-bond donors (Lipinski definition) is 1. The lowest BCUT2D eigenvalue weighted by Gasteiger charge is -2.27. The number of pyridine rings is 2. The van der Waals surface area contributed by atoms with E-state index in [-0.39, 0.29) is 0 Å². The quantitative estimate of drug-likeness (QED) is 0.800. The average Bonchev–Trinajstić information content (AvgIpc) is 2.68. The Morgan fingerprint density at radius 1 is 1.00 bits per heavy atom. The average molecular weight is 320 g/mol. The highest BCUT2D eigenvalue weighted by Gasteiger charge is 2.13. The molecule has 6 nitrogen and oxygen atoms in total. The minimum atomic E-state index is 0.732. The van der Waals surface area contributed by atoms with Crippen LogP contribution in [0.5, 0.6) is 0 Å². The van der Waals surface area contributed by atoms with Crippen LogP contribution < -0.4 is 10.2 Å². The molecule has 122 valence electrons. The summed E-state index contributed by atoms with van der Waals surface area (Å²) in [6.07, 6.45) is 9.10. The van der Waals surface area contributed by atoms with E-state index < -0.39 is 0 Å². The van der Waals surface area contributed by atoms with Crippen LogP contribution in [0.15, 0.2) is 36.8 Å². The monoisotopic (exact) mass is 320 g/mol. The Balaban J connectivity index is 1.69. The van der Waals surface area contributed by atoms with Crippen molar-refractivity contribution >= 4 is 22.7 Å². The SMILES string of the molecule is CNc1nc(-c2ccc(N3CCCCC3)nc2)cc2nccnc12. The molecule has 0 radical (unpaired) electrons. The van der Waals surface area contributed by atoms with Crippen molar-refractivity contribution in [3.8, 4) is 11.3 Å². The maximum Gasteiger partial charge on any atom is 0.154 e. The Morgan fingerprint density at radius 2 is 1.83 bits per heavy atom. The molecule has 0 unspecified atom stereocenters. The molecule has 1 saturated heterocycles. The summed E-state index contributed by atoms with van der Waals surface area (Å²) in [5.74, 6) is 1.78. The van der Waals surface area contributed by atoms with Crippen molar-refractivity contribution in [1.29, 1.82) is 0 Å². The number of fused-ring (bicyclic) bond motifs is 1. The van der Waals surface area contributed by atoms with Crippen LogP contribution in [0.25, 0.3) is 22.3 Å². The topological polar surface area (TPSA) is 66.8 Å². The molecule has 0 saturated carbocycles. The first-order valence-corrected chi connectivity index (χ1v) is 8.36. The van der Waals surface area contributed by atoms with Crippen molar-refractivity contribution in [2.75, 3.05) is 30.4 Å². The largest absolute Gasteiger partial charge is 0.371 e. The second-order valence-electron chi connectivity index (χ2n) is 5.98. The number of rotatable bonds is 3. The summed E-state index contributed by atoms with van der Waals surface area (Å²) in [6, 6.07) is 6.13. The number of piperidine rings is 1. The summed E-state index contributed by atoms with van der Waals surface area (Å²) < 4.78 is 0. The van der Waals surface area contributed by atoms with Crippen molar-refractivity contribution in [2.24, 2.45) is 0 Å². The second kappa shape index (κ2) is 6.39. The third-order valence-corrected chi connectivity index (χ3v) is 4.42. The second-order valence-corrected chi connectivity index (χ2v) is 5.98. The minimum absolute atomic E-state index is 0.732. The van der Waals surface area contributed by atoms with Gasteiger partial charge in [-0.05, 0) is 37.5 Å². The molecule has 0 amide bonds. The van der Waals surface area contributed by atoms with Gasteiger partial charge in [0.2, 0.25) is 0 Å². The third-order valence-electron chi connectivity index (χ3n) is 4.42. The standard InChI is InChI=1S/C18H20N6/c1-19-18-17-15(20-7-8-21-17)11-14(23-18)13-5-6-16(22-12-13)24-9-3-2-4-10-24/h5-8,11-12H,2-4,9-10H2,1H3,(H,19,23). The normalized spacial score (nSPS) is 14.8. The number of anilines is 2. The van der Waals surface area contributed by atoms with Crippen LogP contribution >= 0.6 is 0 Å². The Hall–Kier alpha value is -2.76. The van der Waals surface area contributed by atoms with Gasteiger partial charge in [-0.3, -0.25) is 4.98 Å². The smallest absolute Gasteiger partial charge is 0.154 e. The predicted molar refractivity (Wildman–Crippen MR) is 96.2 cm³/mol. The zero-order valence-electron chi connectivity index (χ0n) is 13.7. The van der Waals surface area contributed by atoms with Gasteiger partial charge in [0, 0.05) is 44.3 Å². The summed E-state index contributed by atoms with van der Waals surface area (Å²) in [6.45, 7) is 2.19. The zero-order chi connectivity index (χ0) is 16.4. The molecule has 4 rings (SSSR count). The summed E-state index contributed by atoms with van der Waals surface area (Å²) in [5, 5.41) is 3.10. The third kappa shape index (κ3) is 2.75. The molecule has 0 spiro atoms. The fourth-order valence-corrected chi connectivity index (χ4v) is 3.14. The summed E-state index contributed by atoms with van der Waals surface area (Å²) >= 11 is 0. The first-order chi connectivity index (χ1) is 11.8. The predicted octanol–water partition coefficient (Wildman–Crippen LogP) is 3.12. The fourth-order valence-electron chi connectivity index (χ4n) is 3.14. The van der Waals surface area contributed by atoms with Crippen molar-refractivity contribution < 1.29 is 0 Å². The lowest BCUT2D eigenvalue weighted by Crippen LogP contribution is -2.29. The number of nitrogens with one attached hydrogen (secondary N) is 1. The van der Waals surface area contributed by atoms with E-state index in [4.69, 9.17) is 0 Å². The van der Waals surface area contributed by atoms with E-state index in [1.54, 1.807) is 12.4 Å². The zero-order valence-corrected chi connectivity index (χ0v) is 13.7. The van der Waals surface area contributed by atoms with Crippen LogP contribution in [-0.4, -0.2) is 40.1 Å². The summed E-state index contributed by atoms with van der Waals surface area (Å²) in [4.78, 5) is 20.4. The molecule has 3 aromatic rings. The maximum absolute atomic E-state index is 4.66. The molecule has 0 aliphatic carbocycles. The molecule has 4 heterocycles. The van der Waals surface area contributed by atoms with Gasteiger partial charge in [-0.25, -0.2) is 15.0 Å². The summed E-state index contributed by atoms with van der Waals surface area (Å²) in [5.41, 5.74) is 3.44. The van der Waals surface area contributed by atoms with Crippen LogP contribution in [0.1, 0.15) is 19.3 Å². The molecular weight excluding hydrogens is 300 g/mol. The molecule has 1 N–H and O–H groups in total. The molecule has 3 aromatic heterocycles. The Kier molecular flexibility index (Phi) is 3.94. The molecule has 0 aromatic carbocycles. The van der Waals surface area contributed by atoms with Crippen LogP contribution in [0, 0.1) is 0 Å². The van der Waals surface area contributed by atoms with E-state index in [2.05, 4.69) is 42.3 Å². The van der Waals surface area contributed by atoms with Gasteiger partial charge in [-0.1, -0.05) is 0 Å². The van der Waals surface area contributed by atoms with Gasteiger partial charge in [0.25, 0.3) is 0 Å². The highest BCUT2D eigenvalue weighted by molar-refractivity contribution is 5.88. The maximum atomic E-state index is 4.66. The molecule has 1 aliphatic heterocycles. The van der Waals surface area contributed by atoms with Gasteiger partial charge in [0.1, 0.15) is 11.3 Å². The van der Waals surface area contributed by atoms with Crippen LogP contribution in [0.3, 0.4) is 0 Å². The van der Waals surface area contributed by atoms with E-state index in [0.717, 1.165) is 47.0 Å². The van der Waals surface area contributed by atoms with Crippen molar-refractivity contribution in [3.63, 3.8) is 0 Å². The molecule has 0 atom stereocenters. The first-order valence-electron chi connectivity index (χ1n) is 8.36. The molecular formula is C18H20N6. The number of hydrogen-bond acceptors (Lipinski definition) is 6. The van der Waals surface area contributed by atoms with E-state index in [9.17, 15) is 0 Å². The molecule has 0 bridgehead atoms. The Bertz CT molecular complexity index is 840. The van der Waals surface area contributed by atoms with Crippen LogP contribution in [0.2, 0.25) is 0 Å². The van der Waals surface area contributed by atoms with Crippen molar-refractivity contribution in [2.45, 2.75) is 19.3 Å². The lowest BCUT2D eigenvalue weighted by atomic mass is 10.1. The minimum Gasteiger partial charge on any atom is -0.371 e.